The van der Waals surface area contributed by atoms with Crippen molar-refractivity contribution in [2.24, 2.45) is 22.1 Å². The highest BCUT2D eigenvalue weighted by Crippen LogP contribution is 2.61. The molecule has 0 spiro atoms. The van der Waals surface area contributed by atoms with E-state index in [2.05, 4.69) is 10.3 Å². The molecule has 3 aliphatic carbocycles. The van der Waals surface area contributed by atoms with Crippen LogP contribution in [0.1, 0.15) is 64.2 Å². The van der Waals surface area contributed by atoms with E-state index in [1.54, 1.807) is 0 Å². The molecule has 3 saturated carbocycles. The van der Waals surface area contributed by atoms with Gasteiger partial charge < -0.3 is 11.1 Å². The van der Waals surface area contributed by atoms with Crippen LogP contribution in [0.15, 0.2) is 4.99 Å². The van der Waals surface area contributed by atoms with Gasteiger partial charge in [0.2, 0.25) is 0 Å². The zero-order chi connectivity index (χ0) is 12.4. The summed E-state index contributed by atoms with van der Waals surface area (Å²) < 4.78 is 0. The molecule has 3 rings (SSSR count). The number of nitrogens with two attached hydrogens (primary N) is 1. The van der Waals surface area contributed by atoms with Gasteiger partial charge in [0, 0.05) is 12.6 Å². The van der Waals surface area contributed by atoms with Crippen LogP contribution < -0.4 is 11.1 Å². The molecule has 0 heterocycles. The summed E-state index contributed by atoms with van der Waals surface area (Å²) in [6, 6.07) is 0.576. The van der Waals surface area contributed by atoms with E-state index < -0.39 is 0 Å². The molecule has 0 aliphatic heterocycles. The predicted octanol–water partition coefficient (Wildman–Crippen LogP) is 2.80. The van der Waals surface area contributed by atoms with Crippen LogP contribution in [-0.2, 0) is 0 Å². The van der Waals surface area contributed by atoms with Gasteiger partial charge in [-0.2, -0.15) is 0 Å². The van der Waals surface area contributed by atoms with E-state index in [9.17, 15) is 0 Å². The molecule has 18 heavy (non-hydrogen) atoms. The van der Waals surface area contributed by atoms with Gasteiger partial charge in [-0.05, 0) is 49.9 Å². The largest absolute Gasteiger partial charge is 0.370 e. The molecule has 0 aromatic carbocycles. The average Bonchev–Trinajstić information content (AvgIpc) is 3.17. The summed E-state index contributed by atoms with van der Waals surface area (Å²) in [5.41, 5.74) is 6.63. The van der Waals surface area contributed by atoms with Gasteiger partial charge in [-0.25, -0.2) is 0 Å². The Labute approximate surface area is 111 Å². The van der Waals surface area contributed by atoms with Crippen molar-refractivity contribution in [3.8, 4) is 0 Å². The Morgan fingerprint density at radius 1 is 1.06 bits per heavy atom. The van der Waals surface area contributed by atoms with Gasteiger partial charge in [-0.3, -0.25) is 4.99 Å². The number of nitrogens with zero attached hydrogens (tertiary/aromatic N) is 1. The lowest BCUT2D eigenvalue weighted by atomic mass is 10.0. The Morgan fingerprint density at radius 2 is 1.72 bits per heavy atom. The Balaban J connectivity index is 1.46. The summed E-state index contributed by atoms with van der Waals surface area (Å²) in [5, 5.41) is 3.45. The van der Waals surface area contributed by atoms with Crippen LogP contribution in [0.3, 0.4) is 0 Å². The van der Waals surface area contributed by atoms with Gasteiger partial charge in [-0.1, -0.05) is 25.7 Å². The summed E-state index contributed by atoms with van der Waals surface area (Å²) in [7, 11) is 0. The molecule has 0 atom stereocenters. The van der Waals surface area contributed by atoms with Gasteiger partial charge >= 0.3 is 0 Å². The minimum absolute atomic E-state index is 0.576. The lowest BCUT2D eigenvalue weighted by Crippen LogP contribution is -2.40. The molecule has 0 unspecified atom stereocenters. The monoisotopic (exact) mass is 249 g/mol. The van der Waals surface area contributed by atoms with E-state index in [1.807, 2.05) is 0 Å². The highest BCUT2D eigenvalue weighted by molar-refractivity contribution is 5.78. The number of hydrogen-bond donors (Lipinski definition) is 2. The highest BCUT2D eigenvalue weighted by atomic mass is 15.1. The highest BCUT2D eigenvalue weighted by Gasteiger charge is 2.53. The van der Waals surface area contributed by atoms with E-state index in [0.29, 0.717) is 17.4 Å². The van der Waals surface area contributed by atoms with Gasteiger partial charge in [-0.15, -0.1) is 0 Å². The zero-order valence-corrected chi connectivity index (χ0v) is 11.5. The van der Waals surface area contributed by atoms with Gasteiger partial charge in [0.25, 0.3) is 0 Å². The fourth-order valence-electron chi connectivity index (χ4n) is 3.47. The van der Waals surface area contributed by atoms with E-state index in [1.165, 1.54) is 64.2 Å². The third kappa shape index (κ3) is 2.99. The predicted molar refractivity (Wildman–Crippen MR) is 75.5 cm³/mol. The van der Waals surface area contributed by atoms with E-state index >= 15 is 0 Å². The smallest absolute Gasteiger partial charge is 0.188 e. The Kier molecular flexibility index (Phi) is 3.49. The molecule has 3 fully saturated rings. The first-order valence-electron chi connectivity index (χ1n) is 7.85. The molecule has 3 heteroatoms. The average molecular weight is 249 g/mol. The maximum atomic E-state index is 6.05. The maximum absolute atomic E-state index is 6.05. The summed E-state index contributed by atoms with van der Waals surface area (Å²) in [5.74, 6) is 1.68. The van der Waals surface area contributed by atoms with Crippen molar-refractivity contribution >= 4 is 5.96 Å². The molecule has 3 nitrogen and oxygen atoms in total. The molecule has 0 radical (unpaired) electrons. The van der Waals surface area contributed by atoms with Crippen LogP contribution in [-0.4, -0.2) is 18.5 Å². The molecule has 3 N–H and O–H groups in total. The minimum atomic E-state index is 0.576. The summed E-state index contributed by atoms with van der Waals surface area (Å²) in [6.07, 6.45) is 13.6. The molecule has 0 amide bonds. The van der Waals surface area contributed by atoms with Crippen molar-refractivity contribution in [2.45, 2.75) is 70.3 Å². The molecule has 102 valence electrons. The Bertz CT molecular complexity index is 308. The van der Waals surface area contributed by atoms with Crippen LogP contribution in [0.25, 0.3) is 0 Å². The van der Waals surface area contributed by atoms with Crippen molar-refractivity contribution in [3.63, 3.8) is 0 Å². The van der Waals surface area contributed by atoms with Gasteiger partial charge in [0.15, 0.2) is 5.96 Å². The molecule has 0 aromatic heterocycles. The SMILES string of the molecule is NC(=NCC1(C2CC2)CC1)NC1CCCCCC1. The van der Waals surface area contributed by atoms with Crippen LogP contribution >= 0.6 is 0 Å². The third-order valence-corrected chi connectivity index (χ3v) is 5.11. The first kappa shape index (κ1) is 12.3. The Morgan fingerprint density at radius 3 is 2.28 bits per heavy atom. The third-order valence-electron chi connectivity index (χ3n) is 5.11. The lowest BCUT2D eigenvalue weighted by molar-refractivity contribution is 0.451. The second-order valence-electron chi connectivity index (χ2n) is 6.67. The van der Waals surface area contributed by atoms with Crippen LogP contribution in [0.2, 0.25) is 0 Å². The molecule has 3 aliphatic rings. The number of rotatable bonds is 4. The van der Waals surface area contributed by atoms with Crippen molar-refractivity contribution < 1.29 is 0 Å². The fraction of sp³-hybridized carbons (Fsp3) is 0.933. The standard InChI is InChI=1S/C15H27N3/c16-14(18-13-5-3-1-2-4-6-13)17-11-15(9-10-15)12-7-8-12/h12-13H,1-11H2,(H3,16,17,18). The number of guanidine groups is 1. The quantitative estimate of drug-likeness (QED) is 0.457. The first-order chi connectivity index (χ1) is 8.78. The normalized spacial score (nSPS) is 28.8. The molecule has 0 aromatic rings. The van der Waals surface area contributed by atoms with Crippen molar-refractivity contribution in [3.05, 3.63) is 0 Å². The second kappa shape index (κ2) is 5.10. The van der Waals surface area contributed by atoms with Crippen molar-refractivity contribution in [1.82, 2.24) is 5.32 Å². The van der Waals surface area contributed by atoms with E-state index in [-0.39, 0.29) is 0 Å². The second-order valence-corrected chi connectivity index (χ2v) is 6.67. The van der Waals surface area contributed by atoms with Crippen LogP contribution in [0, 0.1) is 11.3 Å². The van der Waals surface area contributed by atoms with Crippen LogP contribution in [0.4, 0.5) is 0 Å². The topological polar surface area (TPSA) is 50.4 Å². The van der Waals surface area contributed by atoms with E-state index in [0.717, 1.165) is 12.5 Å². The first-order valence-corrected chi connectivity index (χ1v) is 7.85. The van der Waals surface area contributed by atoms with Crippen LogP contribution in [0.5, 0.6) is 0 Å². The number of hydrogen-bond acceptors (Lipinski definition) is 1. The number of nitrogens with one attached hydrogen (secondary N) is 1. The van der Waals surface area contributed by atoms with E-state index in [4.69, 9.17) is 5.73 Å². The van der Waals surface area contributed by atoms with Crippen molar-refractivity contribution in [2.75, 3.05) is 6.54 Å². The molecule has 0 saturated heterocycles. The molecule has 0 bridgehead atoms. The molecular weight excluding hydrogens is 222 g/mol. The minimum Gasteiger partial charge on any atom is -0.370 e. The maximum Gasteiger partial charge on any atom is 0.188 e. The molecular formula is C15H27N3. The van der Waals surface area contributed by atoms with Crippen molar-refractivity contribution in [1.29, 1.82) is 0 Å². The van der Waals surface area contributed by atoms with Gasteiger partial charge in [0.05, 0.1) is 0 Å². The van der Waals surface area contributed by atoms with Gasteiger partial charge in [0.1, 0.15) is 0 Å². The lowest BCUT2D eigenvalue weighted by Gasteiger charge is -2.18. The summed E-state index contributed by atoms with van der Waals surface area (Å²) >= 11 is 0. The zero-order valence-electron chi connectivity index (χ0n) is 11.5. The fourth-order valence-corrected chi connectivity index (χ4v) is 3.47. The number of aliphatic imine (C=N–C) groups is 1. The summed E-state index contributed by atoms with van der Waals surface area (Å²) in [4.78, 5) is 4.63. The summed E-state index contributed by atoms with van der Waals surface area (Å²) in [6.45, 7) is 0.975. The Hall–Kier alpha value is -0.730.